The monoisotopic (exact) mass is 265 g/mol. The third-order valence-electron chi connectivity index (χ3n) is 2.28. The van der Waals surface area contributed by atoms with Crippen molar-refractivity contribution in [3.63, 3.8) is 0 Å². The van der Waals surface area contributed by atoms with Gasteiger partial charge in [0.15, 0.2) is 0 Å². The molecule has 0 aromatic rings. The van der Waals surface area contributed by atoms with Crippen molar-refractivity contribution in [3.8, 4) is 0 Å². The third-order valence-corrected chi connectivity index (χ3v) is 3.31. The molecule has 1 N–H and O–H groups in total. The number of rotatable bonds is 8. The maximum Gasteiger partial charge on any atom is 0.147 e. The number of ether oxygens (including phenoxy) is 1. The molecule has 0 aromatic carbocycles. The number of likely N-dealkylation sites (N-methyl/N-ethyl adjacent to an activating group) is 1. The van der Waals surface area contributed by atoms with Crippen molar-refractivity contribution >= 4 is 9.84 Å². The Morgan fingerprint density at radius 2 is 1.88 bits per heavy atom. The molecule has 4 nitrogen and oxygen atoms in total. The van der Waals surface area contributed by atoms with Gasteiger partial charge in [-0.3, -0.25) is 0 Å². The van der Waals surface area contributed by atoms with E-state index in [0.29, 0.717) is 13.0 Å². The van der Waals surface area contributed by atoms with E-state index in [4.69, 9.17) is 4.74 Å². The van der Waals surface area contributed by atoms with E-state index >= 15 is 0 Å². The molecule has 0 rings (SSSR count). The van der Waals surface area contributed by atoms with Gasteiger partial charge in [-0.05, 0) is 40.2 Å². The molecule has 104 valence electrons. The van der Waals surface area contributed by atoms with Gasteiger partial charge >= 0.3 is 0 Å². The van der Waals surface area contributed by atoms with Gasteiger partial charge in [0.25, 0.3) is 0 Å². The first kappa shape index (κ1) is 16.9. The Bertz CT molecular complexity index is 293. The van der Waals surface area contributed by atoms with E-state index in [9.17, 15) is 8.42 Å². The summed E-state index contributed by atoms with van der Waals surface area (Å²) in [5.74, 6) is 0.254. The molecule has 0 bridgehead atoms. The van der Waals surface area contributed by atoms with E-state index in [-0.39, 0.29) is 17.4 Å². The number of hydrogen-bond acceptors (Lipinski definition) is 4. The predicted molar refractivity (Wildman–Crippen MR) is 72.1 cm³/mol. The lowest BCUT2D eigenvalue weighted by molar-refractivity contribution is -0.0152. The quantitative estimate of drug-likeness (QED) is 0.724. The van der Waals surface area contributed by atoms with Crippen LogP contribution in [0.2, 0.25) is 0 Å². The van der Waals surface area contributed by atoms with E-state index in [0.717, 1.165) is 13.0 Å². The second kappa shape index (κ2) is 7.34. The van der Waals surface area contributed by atoms with Gasteiger partial charge in [-0.2, -0.15) is 0 Å². The lowest BCUT2D eigenvalue weighted by Crippen LogP contribution is -2.36. The van der Waals surface area contributed by atoms with Crippen LogP contribution >= 0.6 is 0 Å². The summed E-state index contributed by atoms with van der Waals surface area (Å²) in [6.07, 6.45) is 2.79. The fourth-order valence-electron chi connectivity index (χ4n) is 1.48. The largest absolute Gasteiger partial charge is 0.374 e. The summed E-state index contributed by atoms with van der Waals surface area (Å²) in [6, 6.07) is 0.237. The predicted octanol–water partition coefficient (Wildman–Crippen LogP) is 1.60. The van der Waals surface area contributed by atoms with Crippen LogP contribution in [-0.4, -0.2) is 45.2 Å². The van der Waals surface area contributed by atoms with E-state index in [1.165, 1.54) is 6.26 Å². The molecule has 17 heavy (non-hydrogen) atoms. The highest BCUT2D eigenvalue weighted by Gasteiger charge is 2.15. The van der Waals surface area contributed by atoms with Gasteiger partial charge in [0.2, 0.25) is 0 Å². The van der Waals surface area contributed by atoms with Crippen molar-refractivity contribution in [2.24, 2.45) is 0 Å². The molecule has 0 radical (unpaired) electrons. The van der Waals surface area contributed by atoms with E-state index < -0.39 is 9.84 Å². The first-order valence-corrected chi connectivity index (χ1v) is 8.25. The standard InChI is InChI=1S/C12H27NO3S/c1-6-13-11(10-16-12(2,3)4)8-7-9-17(5,14)15/h11,13H,6-10H2,1-5H3. The van der Waals surface area contributed by atoms with Crippen molar-refractivity contribution < 1.29 is 13.2 Å². The van der Waals surface area contributed by atoms with Crippen LogP contribution in [0.15, 0.2) is 0 Å². The van der Waals surface area contributed by atoms with Gasteiger partial charge in [-0.1, -0.05) is 6.92 Å². The number of sulfone groups is 1. The zero-order valence-electron chi connectivity index (χ0n) is 11.7. The van der Waals surface area contributed by atoms with Gasteiger partial charge in [-0.15, -0.1) is 0 Å². The first-order chi connectivity index (χ1) is 7.64. The average molecular weight is 265 g/mol. The maximum absolute atomic E-state index is 11.0. The SMILES string of the molecule is CCNC(CCCS(C)(=O)=O)COC(C)(C)C. The molecule has 0 spiro atoms. The molecule has 0 aromatic heterocycles. The second-order valence-electron chi connectivity index (χ2n) is 5.45. The van der Waals surface area contributed by atoms with Gasteiger partial charge in [0.05, 0.1) is 12.2 Å². The summed E-state index contributed by atoms with van der Waals surface area (Å²) in [4.78, 5) is 0. The van der Waals surface area contributed by atoms with Crippen LogP contribution in [0.25, 0.3) is 0 Å². The average Bonchev–Trinajstić information content (AvgIpc) is 2.11. The zero-order chi connectivity index (χ0) is 13.5. The second-order valence-corrected chi connectivity index (χ2v) is 7.71. The van der Waals surface area contributed by atoms with Gasteiger partial charge in [-0.25, -0.2) is 8.42 Å². The fraction of sp³-hybridized carbons (Fsp3) is 1.00. The van der Waals surface area contributed by atoms with Crippen LogP contribution in [0, 0.1) is 0 Å². The molecule has 0 amide bonds. The minimum Gasteiger partial charge on any atom is -0.374 e. The Labute approximate surface area is 106 Å². The Hall–Kier alpha value is -0.130. The van der Waals surface area contributed by atoms with E-state index in [1.54, 1.807) is 0 Å². The molecule has 0 aliphatic rings. The zero-order valence-corrected chi connectivity index (χ0v) is 12.6. The van der Waals surface area contributed by atoms with Crippen LogP contribution in [0.4, 0.5) is 0 Å². The maximum atomic E-state index is 11.0. The molecule has 0 saturated heterocycles. The molecule has 0 heterocycles. The Morgan fingerprint density at radius 1 is 1.29 bits per heavy atom. The van der Waals surface area contributed by atoms with Crippen LogP contribution in [0.5, 0.6) is 0 Å². The molecule has 1 atom stereocenters. The third kappa shape index (κ3) is 12.1. The van der Waals surface area contributed by atoms with Crippen molar-refractivity contribution in [1.82, 2.24) is 5.32 Å². The summed E-state index contributed by atoms with van der Waals surface area (Å²) >= 11 is 0. The molecule has 0 fully saturated rings. The molecule has 0 saturated carbocycles. The molecule has 5 heteroatoms. The lowest BCUT2D eigenvalue weighted by atomic mass is 10.1. The molecule has 0 aliphatic heterocycles. The minimum atomic E-state index is -2.85. The summed E-state index contributed by atoms with van der Waals surface area (Å²) in [7, 11) is -2.85. The molecular weight excluding hydrogens is 238 g/mol. The van der Waals surface area contributed by atoms with E-state index in [2.05, 4.69) is 5.32 Å². The van der Waals surface area contributed by atoms with Crippen molar-refractivity contribution in [1.29, 1.82) is 0 Å². The van der Waals surface area contributed by atoms with Crippen LogP contribution in [0.3, 0.4) is 0 Å². The van der Waals surface area contributed by atoms with Crippen LogP contribution in [-0.2, 0) is 14.6 Å². The Balaban J connectivity index is 3.98. The number of nitrogens with one attached hydrogen (secondary N) is 1. The van der Waals surface area contributed by atoms with Gasteiger partial charge in [0.1, 0.15) is 9.84 Å². The highest BCUT2D eigenvalue weighted by atomic mass is 32.2. The summed E-state index contributed by atoms with van der Waals surface area (Å²) in [5, 5.41) is 3.32. The molecule has 0 aliphatic carbocycles. The topological polar surface area (TPSA) is 55.4 Å². The fourth-order valence-corrected chi connectivity index (χ4v) is 2.17. The lowest BCUT2D eigenvalue weighted by Gasteiger charge is -2.25. The molecular formula is C12H27NO3S. The first-order valence-electron chi connectivity index (χ1n) is 6.19. The van der Waals surface area contributed by atoms with E-state index in [1.807, 2.05) is 27.7 Å². The summed E-state index contributed by atoms with van der Waals surface area (Å²) in [6.45, 7) is 9.60. The number of hydrogen-bond donors (Lipinski definition) is 1. The summed E-state index contributed by atoms with van der Waals surface area (Å²) in [5.41, 5.74) is -0.148. The van der Waals surface area contributed by atoms with Crippen LogP contribution < -0.4 is 5.32 Å². The Morgan fingerprint density at radius 3 is 2.29 bits per heavy atom. The minimum absolute atomic E-state index is 0.148. The van der Waals surface area contributed by atoms with Gasteiger partial charge < -0.3 is 10.1 Å². The smallest absolute Gasteiger partial charge is 0.147 e. The Kier molecular flexibility index (Phi) is 7.28. The van der Waals surface area contributed by atoms with Gasteiger partial charge in [0, 0.05) is 18.1 Å². The van der Waals surface area contributed by atoms with Crippen molar-refractivity contribution in [2.75, 3.05) is 25.2 Å². The van der Waals surface area contributed by atoms with Crippen molar-refractivity contribution in [2.45, 2.75) is 52.2 Å². The summed E-state index contributed by atoms with van der Waals surface area (Å²) < 4.78 is 27.8. The highest BCUT2D eigenvalue weighted by molar-refractivity contribution is 7.90. The van der Waals surface area contributed by atoms with Crippen molar-refractivity contribution in [3.05, 3.63) is 0 Å². The van der Waals surface area contributed by atoms with Crippen LogP contribution in [0.1, 0.15) is 40.5 Å². The highest BCUT2D eigenvalue weighted by Crippen LogP contribution is 2.09. The molecule has 1 unspecified atom stereocenters. The normalized spacial score (nSPS) is 14.9.